The van der Waals surface area contributed by atoms with Crippen molar-refractivity contribution in [1.82, 2.24) is 19.5 Å². The molecule has 0 saturated carbocycles. The number of nitrogens with zero attached hydrogens (tertiary/aromatic N) is 4. The van der Waals surface area contributed by atoms with E-state index in [1.54, 1.807) is 12.4 Å². The largest absolute Gasteiger partial charge is 0.336 e. The Morgan fingerprint density at radius 3 is 2.94 bits per heavy atom. The van der Waals surface area contributed by atoms with Gasteiger partial charge in [0, 0.05) is 36.6 Å². The molecular formula is C12H8BrClN4. The minimum Gasteiger partial charge on any atom is -0.336 e. The van der Waals surface area contributed by atoms with Crippen molar-refractivity contribution >= 4 is 38.6 Å². The van der Waals surface area contributed by atoms with Gasteiger partial charge in [-0.05, 0) is 39.7 Å². The lowest BCUT2D eigenvalue weighted by atomic mass is 10.2. The number of aromatic nitrogens is 4. The fourth-order valence-corrected chi connectivity index (χ4v) is 2.39. The Morgan fingerprint density at radius 1 is 1.28 bits per heavy atom. The summed E-state index contributed by atoms with van der Waals surface area (Å²) in [4.78, 5) is 12.6. The van der Waals surface area contributed by atoms with Crippen molar-refractivity contribution in [3.8, 4) is 11.3 Å². The van der Waals surface area contributed by atoms with Crippen molar-refractivity contribution in [1.29, 1.82) is 0 Å². The average Bonchev–Trinajstić information content (AvgIpc) is 2.74. The molecule has 0 aromatic carbocycles. The number of pyridine rings is 1. The normalized spacial score (nSPS) is 11.1. The predicted molar refractivity (Wildman–Crippen MR) is 74.5 cm³/mol. The van der Waals surface area contributed by atoms with Crippen molar-refractivity contribution in [2.45, 2.75) is 0 Å². The van der Waals surface area contributed by atoms with E-state index < -0.39 is 0 Å². The monoisotopic (exact) mass is 322 g/mol. The van der Waals surface area contributed by atoms with Crippen molar-refractivity contribution in [2.75, 3.05) is 0 Å². The van der Waals surface area contributed by atoms with Crippen LogP contribution in [-0.2, 0) is 7.05 Å². The highest BCUT2D eigenvalue weighted by Gasteiger charge is 2.09. The molecule has 3 heterocycles. The molecule has 0 amide bonds. The molecular weight excluding hydrogens is 316 g/mol. The van der Waals surface area contributed by atoms with Crippen LogP contribution in [0.2, 0.25) is 5.28 Å². The zero-order chi connectivity index (χ0) is 12.7. The minimum atomic E-state index is 0.223. The highest BCUT2D eigenvalue weighted by Crippen LogP contribution is 2.28. The molecule has 0 aliphatic carbocycles. The molecule has 0 fully saturated rings. The summed E-state index contributed by atoms with van der Waals surface area (Å²) in [6, 6.07) is 4.05. The number of hydrogen-bond acceptors (Lipinski definition) is 3. The van der Waals surface area contributed by atoms with Crippen LogP contribution in [-0.4, -0.2) is 19.5 Å². The van der Waals surface area contributed by atoms with E-state index in [-0.39, 0.29) is 5.28 Å². The van der Waals surface area contributed by atoms with Crippen molar-refractivity contribution in [3.05, 3.63) is 40.5 Å². The first-order chi connectivity index (χ1) is 8.65. The Morgan fingerprint density at radius 2 is 2.11 bits per heavy atom. The van der Waals surface area contributed by atoms with Crippen molar-refractivity contribution < 1.29 is 0 Å². The lowest BCUT2D eigenvalue weighted by molar-refractivity contribution is 0.948. The highest BCUT2D eigenvalue weighted by atomic mass is 79.9. The Labute approximate surface area is 117 Å². The van der Waals surface area contributed by atoms with Gasteiger partial charge in [0.2, 0.25) is 5.28 Å². The average molecular weight is 324 g/mol. The Kier molecular flexibility index (Phi) is 2.80. The summed E-state index contributed by atoms with van der Waals surface area (Å²) in [7, 11) is 1.96. The van der Waals surface area contributed by atoms with Crippen LogP contribution in [0.4, 0.5) is 0 Å². The van der Waals surface area contributed by atoms with Crippen LogP contribution < -0.4 is 0 Å². The van der Waals surface area contributed by atoms with Gasteiger partial charge in [-0.15, -0.1) is 0 Å². The van der Waals surface area contributed by atoms with Gasteiger partial charge >= 0.3 is 0 Å². The Bertz CT molecular complexity index is 738. The maximum Gasteiger partial charge on any atom is 0.222 e. The van der Waals surface area contributed by atoms with E-state index >= 15 is 0 Å². The van der Waals surface area contributed by atoms with E-state index in [4.69, 9.17) is 11.6 Å². The first-order valence-corrected chi connectivity index (χ1v) is 6.42. The summed E-state index contributed by atoms with van der Waals surface area (Å²) >= 11 is 9.24. The molecule has 6 heteroatoms. The molecule has 18 heavy (non-hydrogen) atoms. The smallest absolute Gasteiger partial charge is 0.222 e. The lowest BCUT2D eigenvalue weighted by Crippen LogP contribution is -1.92. The van der Waals surface area contributed by atoms with Gasteiger partial charge in [0.25, 0.3) is 0 Å². The van der Waals surface area contributed by atoms with Gasteiger partial charge < -0.3 is 4.57 Å². The van der Waals surface area contributed by atoms with Gasteiger partial charge in [-0.25, -0.2) is 15.0 Å². The van der Waals surface area contributed by atoms with Crippen LogP contribution in [0, 0.1) is 0 Å². The fourth-order valence-electron chi connectivity index (χ4n) is 1.83. The Balaban J connectivity index is 2.22. The number of aryl methyl sites for hydroxylation is 1. The van der Waals surface area contributed by atoms with E-state index in [2.05, 4.69) is 30.9 Å². The summed E-state index contributed by atoms with van der Waals surface area (Å²) in [6.45, 7) is 0. The third kappa shape index (κ3) is 1.89. The van der Waals surface area contributed by atoms with E-state index in [9.17, 15) is 0 Å². The number of rotatable bonds is 1. The fraction of sp³-hybridized carbons (Fsp3) is 0.0833. The summed E-state index contributed by atoms with van der Waals surface area (Å²) < 4.78 is 2.77. The maximum absolute atomic E-state index is 5.82. The van der Waals surface area contributed by atoms with Gasteiger partial charge in [-0.1, -0.05) is 0 Å². The van der Waals surface area contributed by atoms with E-state index in [1.807, 2.05) is 29.9 Å². The molecule has 4 nitrogen and oxygen atoms in total. The third-order valence-corrected chi connectivity index (χ3v) is 3.46. The molecule has 0 N–H and O–H groups in total. The van der Waals surface area contributed by atoms with Gasteiger partial charge in [-0.3, -0.25) is 0 Å². The molecule has 0 unspecified atom stereocenters. The predicted octanol–water partition coefficient (Wildman–Crippen LogP) is 3.45. The Hall–Kier alpha value is -1.46. The van der Waals surface area contributed by atoms with Crippen LogP contribution in [0.25, 0.3) is 22.3 Å². The second kappa shape index (κ2) is 4.33. The second-order valence-corrected chi connectivity index (χ2v) is 5.09. The minimum absolute atomic E-state index is 0.223. The van der Waals surface area contributed by atoms with Gasteiger partial charge in [-0.2, -0.15) is 0 Å². The second-order valence-electron chi connectivity index (χ2n) is 3.90. The number of fused-ring (bicyclic) bond motifs is 1. The summed E-state index contributed by atoms with van der Waals surface area (Å²) in [5, 5.41) is 1.29. The topological polar surface area (TPSA) is 43.6 Å². The van der Waals surface area contributed by atoms with Crippen LogP contribution in [0.15, 0.2) is 35.2 Å². The molecule has 0 aliphatic rings. The van der Waals surface area contributed by atoms with Gasteiger partial charge in [0.05, 0.1) is 10.2 Å². The third-order valence-electron chi connectivity index (χ3n) is 2.70. The van der Waals surface area contributed by atoms with Crippen LogP contribution in [0.5, 0.6) is 0 Å². The molecule has 0 aliphatic heterocycles. The molecule has 0 atom stereocenters. The molecule has 3 rings (SSSR count). The van der Waals surface area contributed by atoms with Gasteiger partial charge in [0.1, 0.15) is 5.65 Å². The molecule has 3 aromatic rings. The quantitative estimate of drug-likeness (QED) is 0.644. The summed E-state index contributed by atoms with van der Waals surface area (Å²) in [5.41, 5.74) is 2.59. The SMILES string of the molecule is Cn1ccc2cc(-c3nc(Cl)ncc3Br)cnc21. The first-order valence-electron chi connectivity index (χ1n) is 5.24. The zero-order valence-corrected chi connectivity index (χ0v) is 11.8. The highest BCUT2D eigenvalue weighted by molar-refractivity contribution is 9.10. The van der Waals surface area contributed by atoms with E-state index in [1.165, 1.54) is 0 Å². The van der Waals surface area contributed by atoms with E-state index in [0.29, 0.717) is 0 Å². The maximum atomic E-state index is 5.82. The molecule has 90 valence electrons. The molecule has 0 radical (unpaired) electrons. The lowest BCUT2D eigenvalue weighted by Gasteiger charge is -2.04. The zero-order valence-electron chi connectivity index (χ0n) is 9.43. The van der Waals surface area contributed by atoms with E-state index in [0.717, 1.165) is 26.8 Å². The first kappa shape index (κ1) is 11.6. The molecule has 3 aromatic heterocycles. The number of hydrogen-bond donors (Lipinski definition) is 0. The molecule has 0 bridgehead atoms. The van der Waals surface area contributed by atoms with Gasteiger partial charge in [0.15, 0.2) is 0 Å². The van der Waals surface area contributed by atoms with Crippen LogP contribution in [0.1, 0.15) is 0 Å². The van der Waals surface area contributed by atoms with Crippen molar-refractivity contribution in [2.24, 2.45) is 7.05 Å². The molecule has 0 spiro atoms. The standard InChI is InChI=1S/C12H8BrClN4/c1-18-3-2-7-4-8(5-15-11(7)18)10-9(13)6-16-12(14)17-10/h2-6H,1H3. The summed E-state index contributed by atoms with van der Waals surface area (Å²) in [6.07, 6.45) is 5.40. The van der Waals surface area contributed by atoms with Crippen molar-refractivity contribution in [3.63, 3.8) is 0 Å². The summed E-state index contributed by atoms with van der Waals surface area (Å²) in [5.74, 6) is 0. The van der Waals surface area contributed by atoms with Crippen LogP contribution in [0.3, 0.4) is 0 Å². The number of halogens is 2. The van der Waals surface area contributed by atoms with Crippen LogP contribution >= 0.6 is 27.5 Å². The molecule has 0 saturated heterocycles.